The highest BCUT2D eigenvalue weighted by atomic mass is 32.2. The lowest BCUT2D eigenvalue weighted by atomic mass is 10.1. The molecule has 168 valence electrons. The molecule has 0 aliphatic carbocycles. The molecule has 0 bridgehead atoms. The topological polar surface area (TPSA) is 75.7 Å². The zero-order valence-corrected chi connectivity index (χ0v) is 19.4. The van der Waals surface area contributed by atoms with Crippen LogP contribution >= 0.6 is 0 Å². The summed E-state index contributed by atoms with van der Waals surface area (Å²) in [7, 11) is -3.56. The van der Waals surface area contributed by atoms with E-state index in [0.29, 0.717) is 50.3 Å². The molecule has 1 amide bonds. The number of carbonyl (C=O) groups excluding carboxylic acids is 1. The van der Waals surface area contributed by atoms with E-state index in [4.69, 9.17) is 4.74 Å². The molecular formula is C24H32N2O4S. The van der Waals surface area contributed by atoms with Crippen LogP contribution in [0.2, 0.25) is 0 Å². The van der Waals surface area contributed by atoms with Crippen molar-refractivity contribution in [1.29, 1.82) is 0 Å². The minimum absolute atomic E-state index is 0.101. The zero-order valence-electron chi connectivity index (χ0n) is 18.6. The van der Waals surface area contributed by atoms with Gasteiger partial charge in [-0.2, -0.15) is 0 Å². The summed E-state index contributed by atoms with van der Waals surface area (Å²) in [6.45, 7) is 7.39. The number of amides is 1. The number of hydrogen-bond donors (Lipinski definition) is 1. The standard InChI is InChI=1S/C24H32N2O4S/c1-18-10-11-23(20(3)17-18)31(28,29)25-21-12-14-26(15-13-21)24(27)9-6-16-30-22-8-5-4-7-19(22)2/h4-5,7-8,10-11,17,21,25H,6,9,12-16H2,1-3H3. The molecular weight excluding hydrogens is 412 g/mol. The maximum Gasteiger partial charge on any atom is 0.241 e. The molecule has 1 N–H and O–H groups in total. The van der Waals surface area contributed by atoms with E-state index in [9.17, 15) is 13.2 Å². The number of sulfonamides is 1. The Hall–Kier alpha value is -2.38. The van der Waals surface area contributed by atoms with E-state index in [1.54, 1.807) is 6.07 Å². The summed E-state index contributed by atoms with van der Waals surface area (Å²) in [5, 5.41) is 0. The molecule has 0 atom stereocenters. The van der Waals surface area contributed by atoms with Crippen LogP contribution in [0.5, 0.6) is 5.75 Å². The van der Waals surface area contributed by atoms with Crippen LogP contribution in [0, 0.1) is 20.8 Å². The molecule has 2 aromatic carbocycles. The highest BCUT2D eigenvalue weighted by molar-refractivity contribution is 7.89. The Labute approximate surface area is 185 Å². The number of nitrogens with zero attached hydrogens (tertiary/aromatic N) is 1. The van der Waals surface area contributed by atoms with Crippen LogP contribution < -0.4 is 9.46 Å². The van der Waals surface area contributed by atoms with Gasteiger partial charge in [-0.25, -0.2) is 13.1 Å². The number of ether oxygens (including phenoxy) is 1. The number of aryl methyl sites for hydroxylation is 3. The number of rotatable bonds is 8. The summed E-state index contributed by atoms with van der Waals surface area (Å²) in [5.41, 5.74) is 2.86. The van der Waals surface area contributed by atoms with Crippen LogP contribution in [0.1, 0.15) is 42.4 Å². The first-order valence-electron chi connectivity index (χ1n) is 10.8. The van der Waals surface area contributed by atoms with Crippen LogP contribution in [-0.4, -0.2) is 45.0 Å². The van der Waals surface area contributed by atoms with E-state index in [1.807, 2.05) is 62.1 Å². The fraction of sp³-hybridized carbons (Fsp3) is 0.458. The molecule has 1 heterocycles. The number of carbonyl (C=O) groups is 1. The van der Waals surface area contributed by atoms with Gasteiger partial charge in [0, 0.05) is 25.6 Å². The average Bonchev–Trinajstić information content (AvgIpc) is 2.72. The number of likely N-dealkylation sites (tertiary alicyclic amines) is 1. The van der Waals surface area contributed by atoms with Crippen molar-refractivity contribution in [2.45, 2.75) is 57.4 Å². The number of benzene rings is 2. The van der Waals surface area contributed by atoms with Crippen molar-refractivity contribution < 1.29 is 17.9 Å². The SMILES string of the molecule is Cc1ccc(S(=O)(=O)NC2CCN(C(=O)CCCOc3ccccc3C)CC2)c(C)c1. The van der Waals surface area contributed by atoms with Gasteiger partial charge in [0.25, 0.3) is 0 Å². The van der Waals surface area contributed by atoms with Crippen LogP contribution in [0.4, 0.5) is 0 Å². The normalized spacial score (nSPS) is 15.1. The molecule has 1 aliphatic rings. The highest BCUT2D eigenvalue weighted by Gasteiger charge is 2.27. The van der Waals surface area contributed by atoms with E-state index < -0.39 is 10.0 Å². The van der Waals surface area contributed by atoms with Crippen LogP contribution in [0.3, 0.4) is 0 Å². The second kappa shape index (κ2) is 10.3. The molecule has 3 rings (SSSR count). The number of nitrogens with one attached hydrogen (secondary N) is 1. The predicted molar refractivity (Wildman–Crippen MR) is 122 cm³/mol. The summed E-state index contributed by atoms with van der Waals surface area (Å²) in [5.74, 6) is 0.955. The lowest BCUT2D eigenvalue weighted by Crippen LogP contribution is -2.46. The van der Waals surface area contributed by atoms with Gasteiger partial charge in [0.05, 0.1) is 11.5 Å². The minimum Gasteiger partial charge on any atom is -0.493 e. The maximum atomic E-state index is 12.8. The van der Waals surface area contributed by atoms with Gasteiger partial charge in [-0.05, 0) is 63.3 Å². The van der Waals surface area contributed by atoms with Crippen molar-refractivity contribution in [3.05, 3.63) is 59.2 Å². The summed E-state index contributed by atoms with van der Waals surface area (Å²) in [6.07, 6.45) is 2.34. The average molecular weight is 445 g/mol. The first-order valence-corrected chi connectivity index (χ1v) is 12.3. The number of piperidine rings is 1. The van der Waals surface area contributed by atoms with Crippen LogP contribution in [-0.2, 0) is 14.8 Å². The van der Waals surface area contributed by atoms with E-state index in [2.05, 4.69) is 4.72 Å². The summed E-state index contributed by atoms with van der Waals surface area (Å²) in [6, 6.07) is 13.0. The number of hydrogen-bond acceptors (Lipinski definition) is 4. The smallest absolute Gasteiger partial charge is 0.241 e. The Kier molecular flexibility index (Phi) is 7.73. The third kappa shape index (κ3) is 6.31. The summed E-state index contributed by atoms with van der Waals surface area (Å²) >= 11 is 0. The van der Waals surface area contributed by atoms with E-state index >= 15 is 0 Å². The second-order valence-electron chi connectivity index (χ2n) is 8.26. The molecule has 0 unspecified atom stereocenters. The second-order valence-corrected chi connectivity index (χ2v) is 9.95. The number of para-hydroxylation sites is 1. The third-order valence-corrected chi connectivity index (χ3v) is 7.36. The van der Waals surface area contributed by atoms with E-state index in [-0.39, 0.29) is 11.9 Å². The summed E-state index contributed by atoms with van der Waals surface area (Å²) < 4.78 is 34.1. The Morgan fingerprint density at radius 1 is 1.06 bits per heavy atom. The fourth-order valence-corrected chi connectivity index (χ4v) is 5.44. The predicted octanol–water partition coefficient (Wildman–Crippen LogP) is 3.74. The first-order chi connectivity index (χ1) is 14.8. The molecule has 1 aliphatic heterocycles. The van der Waals surface area contributed by atoms with Gasteiger partial charge in [-0.3, -0.25) is 4.79 Å². The molecule has 0 radical (unpaired) electrons. The van der Waals surface area contributed by atoms with Gasteiger partial charge < -0.3 is 9.64 Å². The lowest BCUT2D eigenvalue weighted by molar-refractivity contribution is -0.132. The van der Waals surface area contributed by atoms with Crippen molar-refractivity contribution >= 4 is 15.9 Å². The van der Waals surface area contributed by atoms with E-state index in [1.165, 1.54) is 0 Å². The Bertz CT molecular complexity index is 1010. The molecule has 7 heteroatoms. The minimum atomic E-state index is -3.56. The Balaban J connectivity index is 1.42. The van der Waals surface area contributed by atoms with Crippen LogP contribution in [0.25, 0.3) is 0 Å². The zero-order chi connectivity index (χ0) is 22.4. The molecule has 0 saturated carbocycles. The van der Waals surface area contributed by atoms with Gasteiger partial charge in [-0.15, -0.1) is 0 Å². The van der Waals surface area contributed by atoms with Crippen molar-refractivity contribution in [2.75, 3.05) is 19.7 Å². The molecule has 1 fully saturated rings. The van der Waals surface area contributed by atoms with Crippen molar-refractivity contribution in [2.24, 2.45) is 0 Å². The van der Waals surface area contributed by atoms with E-state index in [0.717, 1.165) is 22.4 Å². The maximum absolute atomic E-state index is 12.8. The lowest BCUT2D eigenvalue weighted by Gasteiger charge is -2.32. The fourth-order valence-electron chi connectivity index (χ4n) is 3.91. The highest BCUT2D eigenvalue weighted by Crippen LogP contribution is 2.20. The van der Waals surface area contributed by atoms with Gasteiger partial charge >= 0.3 is 0 Å². The van der Waals surface area contributed by atoms with Gasteiger partial charge in [0.1, 0.15) is 5.75 Å². The van der Waals surface area contributed by atoms with Gasteiger partial charge in [0.2, 0.25) is 15.9 Å². The van der Waals surface area contributed by atoms with Crippen LogP contribution in [0.15, 0.2) is 47.4 Å². The third-order valence-electron chi connectivity index (χ3n) is 5.68. The Morgan fingerprint density at radius 3 is 2.45 bits per heavy atom. The molecule has 2 aromatic rings. The largest absolute Gasteiger partial charge is 0.493 e. The molecule has 31 heavy (non-hydrogen) atoms. The van der Waals surface area contributed by atoms with Crippen molar-refractivity contribution in [3.63, 3.8) is 0 Å². The Morgan fingerprint density at radius 2 is 1.77 bits per heavy atom. The van der Waals surface area contributed by atoms with Gasteiger partial charge in [0.15, 0.2) is 0 Å². The van der Waals surface area contributed by atoms with Gasteiger partial charge in [-0.1, -0.05) is 35.9 Å². The molecule has 6 nitrogen and oxygen atoms in total. The van der Waals surface area contributed by atoms with Crippen molar-refractivity contribution in [3.8, 4) is 5.75 Å². The molecule has 0 aromatic heterocycles. The van der Waals surface area contributed by atoms with Crippen molar-refractivity contribution in [1.82, 2.24) is 9.62 Å². The summed E-state index contributed by atoms with van der Waals surface area (Å²) in [4.78, 5) is 14.7. The quantitative estimate of drug-likeness (QED) is 0.630. The first kappa shape index (κ1) is 23.3. The molecule has 0 spiro atoms. The monoisotopic (exact) mass is 444 g/mol. The molecule has 1 saturated heterocycles.